The third-order valence-electron chi connectivity index (χ3n) is 4.39. The third kappa shape index (κ3) is 24.5. The SMILES string of the molecule is C=CC(CC(C)C)NC(=O)OCCOC.CCc1ccccc1.CNCCC(=O)C(=O)NCC(F)(F)F. The van der Waals surface area contributed by atoms with Crippen molar-refractivity contribution in [3.63, 3.8) is 0 Å². The number of hydrogen-bond donors (Lipinski definition) is 3. The lowest BCUT2D eigenvalue weighted by Gasteiger charge is -2.16. The van der Waals surface area contributed by atoms with Gasteiger partial charge in [0.2, 0.25) is 5.78 Å². The number of carbonyl (C=O) groups is 3. The van der Waals surface area contributed by atoms with Gasteiger partial charge in [0.1, 0.15) is 13.2 Å². The summed E-state index contributed by atoms with van der Waals surface area (Å²) in [7, 11) is 3.13. The number of Topliss-reactive ketones (excluding diaryl/α,β-unsaturated/α-hetero) is 1. The Morgan fingerprint density at radius 2 is 1.73 bits per heavy atom. The Morgan fingerprint density at radius 3 is 2.16 bits per heavy atom. The Morgan fingerprint density at radius 1 is 1.11 bits per heavy atom. The van der Waals surface area contributed by atoms with Gasteiger partial charge in [0.15, 0.2) is 0 Å². The van der Waals surface area contributed by atoms with E-state index >= 15 is 0 Å². The molecule has 0 radical (unpaired) electrons. The number of alkyl halides is 3. The van der Waals surface area contributed by atoms with Crippen molar-refractivity contribution in [1.29, 1.82) is 0 Å². The molecule has 0 heterocycles. The number of alkyl carbamates (subject to hydrolysis) is 1. The standard InChI is InChI=1S/C11H21NO3.C8H10.C7H11F3N2O2/c1-5-10(8-9(2)3)12-11(13)15-7-6-14-4;1-2-8-6-4-3-5-7-8;1-11-3-2-5(13)6(14)12-4-7(8,9)10/h5,9-10H,1,6-8H2,2-4H3,(H,12,13);3-7H,2H2,1H3;11H,2-4H2,1H3,(H,12,14). The van der Waals surface area contributed by atoms with Crippen LogP contribution in [0.4, 0.5) is 18.0 Å². The molecule has 1 aromatic rings. The highest BCUT2D eigenvalue weighted by atomic mass is 19.4. The molecule has 0 fully saturated rings. The van der Waals surface area contributed by atoms with Gasteiger partial charge in [-0.05, 0) is 31.4 Å². The normalized spacial score (nSPS) is 11.2. The highest BCUT2D eigenvalue weighted by Gasteiger charge is 2.28. The minimum absolute atomic E-state index is 0.0277. The van der Waals surface area contributed by atoms with E-state index in [1.165, 1.54) is 10.9 Å². The first-order chi connectivity index (χ1) is 17.4. The van der Waals surface area contributed by atoms with Gasteiger partial charge in [0.25, 0.3) is 5.91 Å². The van der Waals surface area contributed by atoms with Crippen LogP contribution in [0.1, 0.15) is 39.2 Å². The number of rotatable bonds is 13. The van der Waals surface area contributed by atoms with Gasteiger partial charge in [-0.15, -0.1) is 6.58 Å². The number of aryl methyl sites for hydroxylation is 1. The maximum absolute atomic E-state index is 11.6. The van der Waals surface area contributed by atoms with Crippen molar-refractivity contribution in [1.82, 2.24) is 16.0 Å². The van der Waals surface area contributed by atoms with Crippen molar-refractivity contribution in [2.24, 2.45) is 5.92 Å². The number of amides is 2. The van der Waals surface area contributed by atoms with Gasteiger partial charge in [0.05, 0.1) is 12.6 Å². The summed E-state index contributed by atoms with van der Waals surface area (Å²) in [5, 5.41) is 6.81. The van der Waals surface area contributed by atoms with E-state index in [-0.39, 0.29) is 25.6 Å². The van der Waals surface area contributed by atoms with E-state index in [0.717, 1.165) is 12.8 Å². The summed E-state index contributed by atoms with van der Waals surface area (Å²) in [6, 6.07) is 10.4. The number of hydrogen-bond acceptors (Lipinski definition) is 6. The molecule has 8 nitrogen and oxygen atoms in total. The van der Waals surface area contributed by atoms with E-state index in [4.69, 9.17) is 9.47 Å². The molecule has 0 spiro atoms. The van der Waals surface area contributed by atoms with Gasteiger partial charge in [0, 0.05) is 20.1 Å². The van der Waals surface area contributed by atoms with Crippen molar-refractivity contribution >= 4 is 17.8 Å². The molecule has 0 aliphatic heterocycles. The number of benzene rings is 1. The number of ether oxygens (including phenoxy) is 2. The number of nitrogens with one attached hydrogen (secondary N) is 3. The van der Waals surface area contributed by atoms with Gasteiger partial charge in [-0.3, -0.25) is 9.59 Å². The van der Waals surface area contributed by atoms with Gasteiger partial charge in [-0.25, -0.2) is 4.79 Å². The molecule has 1 unspecified atom stereocenters. The fourth-order valence-corrected chi connectivity index (χ4v) is 2.48. The fourth-order valence-electron chi connectivity index (χ4n) is 2.48. The summed E-state index contributed by atoms with van der Waals surface area (Å²) >= 11 is 0. The number of carbonyl (C=O) groups excluding carboxylic acids is 3. The summed E-state index contributed by atoms with van der Waals surface area (Å²) < 4.78 is 44.4. The second kappa shape index (κ2) is 22.3. The zero-order valence-corrected chi connectivity index (χ0v) is 22.5. The first kappa shape index (κ1) is 36.2. The zero-order chi connectivity index (χ0) is 28.7. The second-order valence-corrected chi connectivity index (χ2v) is 8.16. The number of ketones is 1. The van der Waals surface area contributed by atoms with Crippen LogP contribution in [0.3, 0.4) is 0 Å². The van der Waals surface area contributed by atoms with E-state index in [2.05, 4.69) is 62.2 Å². The highest BCUT2D eigenvalue weighted by Crippen LogP contribution is 2.12. The molecule has 0 bridgehead atoms. The predicted molar refractivity (Wildman–Crippen MR) is 138 cm³/mol. The lowest BCUT2D eigenvalue weighted by molar-refractivity contribution is -0.145. The first-order valence-corrected chi connectivity index (χ1v) is 12.0. The number of methoxy groups -OCH3 is 1. The molecule has 212 valence electrons. The summed E-state index contributed by atoms with van der Waals surface area (Å²) in [5.41, 5.74) is 1.41. The maximum atomic E-state index is 11.6. The molecule has 0 saturated heterocycles. The third-order valence-corrected chi connectivity index (χ3v) is 4.39. The molecular weight excluding hydrogens is 491 g/mol. The Balaban J connectivity index is 0. The van der Waals surface area contributed by atoms with Crippen LogP contribution in [0.25, 0.3) is 0 Å². The fraction of sp³-hybridized carbons (Fsp3) is 0.577. The Hall–Kier alpha value is -2.92. The molecule has 37 heavy (non-hydrogen) atoms. The molecule has 0 saturated carbocycles. The largest absolute Gasteiger partial charge is 0.447 e. The molecule has 1 atom stereocenters. The van der Waals surface area contributed by atoms with Crippen molar-refractivity contribution in [3.8, 4) is 0 Å². The maximum Gasteiger partial charge on any atom is 0.407 e. The lowest BCUT2D eigenvalue weighted by Crippen LogP contribution is -2.38. The molecule has 0 aliphatic carbocycles. The van der Waals surface area contributed by atoms with Crippen molar-refractivity contribution in [3.05, 3.63) is 48.6 Å². The molecule has 2 amide bonds. The Bertz CT molecular complexity index is 760. The Labute approximate surface area is 218 Å². The van der Waals surface area contributed by atoms with E-state index in [9.17, 15) is 27.6 Å². The average Bonchev–Trinajstić information content (AvgIpc) is 2.86. The van der Waals surface area contributed by atoms with Gasteiger partial charge in [-0.1, -0.05) is 57.2 Å². The smallest absolute Gasteiger partial charge is 0.407 e. The van der Waals surface area contributed by atoms with Crippen LogP contribution in [-0.4, -0.2) is 70.5 Å². The van der Waals surface area contributed by atoms with Crippen molar-refractivity contribution in [2.45, 2.75) is 52.3 Å². The first-order valence-electron chi connectivity index (χ1n) is 12.0. The van der Waals surface area contributed by atoms with Crippen LogP contribution in [0.5, 0.6) is 0 Å². The molecule has 3 N–H and O–H groups in total. The molecule has 1 aromatic carbocycles. The summed E-state index contributed by atoms with van der Waals surface area (Å²) in [6.07, 6.45) is -1.29. The Kier molecular flexibility index (Phi) is 21.8. The van der Waals surface area contributed by atoms with Crippen LogP contribution >= 0.6 is 0 Å². The van der Waals surface area contributed by atoms with Crippen LogP contribution < -0.4 is 16.0 Å². The van der Waals surface area contributed by atoms with Gasteiger partial charge in [-0.2, -0.15) is 13.2 Å². The van der Waals surface area contributed by atoms with Gasteiger partial charge < -0.3 is 25.4 Å². The minimum Gasteiger partial charge on any atom is -0.447 e. The van der Waals surface area contributed by atoms with Crippen molar-refractivity contribution < 1.29 is 37.0 Å². The molecule has 0 aromatic heterocycles. The monoisotopic (exact) mass is 533 g/mol. The zero-order valence-electron chi connectivity index (χ0n) is 22.5. The lowest BCUT2D eigenvalue weighted by atomic mass is 10.0. The van der Waals surface area contributed by atoms with Gasteiger partial charge >= 0.3 is 12.3 Å². The predicted octanol–water partition coefficient (Wildman–Crippen LogP) is 4.05. The highest BCUT2D eigenvalue weighted by molar-refractivity contribution is 6.36. The van der Waals surface area contributed by atoms with Crippen LogP contribution in [0.15, 0.2) is 43.0 Å². The van der Waals surface area contributed by atoms with Crippen molar-refractivity contribution in [2.75, 3.05) is 40.5 Å². The topological polar surface area (TPSA) is 106 Å². The van der Waals surface area contributed by atoms with Crippen LogP contribution in [-0.2, 0) is 25.5 Å². The van der Waals surface area contributed by atoms with Crippen LogP contribution in [0, 0.1) is 5.92 Å². The van der Waals surface area contributed by atoms with E-state index < -0.39 is 30.5 Å². The molecule has 1 rings (SSSR count). The van der Waals surface area contributed by atoms with E-state index in [1.807, 2.05) is 6.07 Å². The average molecular weight is 534 g/mol. The van der Waals surface area contributed by atoms with E-state index in [1.54, 1.807) is 20.2 Å². The quantitative estimate of drug-likeness (QED) is 0.201. The number of halogens is 3. The minimum atomic E-state index is -4.49. The molecular formula is C26H42F3N3O5. The molecule has 11 heteroatoms. The van der Waals surface area contributed by atoms with Crippen LogP contribution in [0.2, 0.25) is 0 Å². The van der Waals surface area contributed by atoms with E-state index in [0.29, 0.717) is 12.5 Å². The second-order valence-electron chi connectivity index (χ2n) is 8.16. The summed E-state index contributed by atoms with van der Waals surface area (Å²) in [5.74, 6) is -1.55. The summed E-state index contributed by atoms with van der Waals surface area (Å²) in [6.45, 7) is 9.49. The molecule has 0 aliphatic rings. The summed E-state index contributed by atoms with van der Waals surface area (Å²) in [4.78, 5) is 32.7.